The summed E-state index contributed by atoms with van der Waals surface area (Å²) < 4.78 is 12.6. The van der Waals surface area contributed by atoms with Crippen LogP contribution in [0.15, 0.2) is 40.9 Å². The van der Waals surface area contributed by atoms with Gasteiger partial charge in [0.15, 0.2) is 11.5 Å². The Morgan fingerprint density at radius 3 is 2.61 bits per heavy atom. The molecule has 5 heteroatoms. The molecule has 0 aromatic heterocycles. The molecule has 2 rings (SSSR count). The van der Waals surface area contributed by atoms with Gasteiger partial charge in [0.2, 0.25) is 0 Å². The van der Waals surface area contributed by atoms with E-state index in [0.717, 1.165) is 34.4 Å². The van der Waals surface area contributed by atoms with Gasteiger partial charge in [-0.05, 0) is 64.8 Å². The lowest BCUT2D eigenvalue weighted by Crippen LogP contribution is -2.12. The first-order valence-corrected chi connectivity index (χ1v) is 8.84. The molecule has 0 unspecified atom stereocenters. The lowest BCUT2D eigenvalue weighted by atomic mass is 10.2. The highest BCUT2D eigenvalue weighted by molar-refractivity contribution is 9.10. The second kappa shape index (κ2) is 9.16. The van der Waals surface area contributed by atoms with Crippen molar-refractivity contribution in [2.24, 2.45) is 0 Å². The molecule has 2 aromatic rings. The fourth-order valence-corrected chi connectivity index (χ4v) is 2.99. The Bertz CT molecular complexity index is 649. The summed E-state index contributed by atoms with van der Waals surface area (Å²) >= 11 is 9.60. The van der Waals surface area contributed by atoms with Gasteiger partial charge in [-0.1, -0.05) is 30.7 Å². The molecule has 2 aromatic carbocycles. The molecular formula is C18H21BrClNO2. The normalized spacial score (nSPS) is 10.6. The predicted octanol–water partition coefficient (Wildman–Crippen LogP) is 5.19. The molecule has 124 valence electrons. The molecule has 0 radical (unpaired) electrons. The van der Waals surface area contributed by atoms with Crippen LogP contribution in [0.25, 0.3) is 0 Å². The number of benzene rings is 2. The largest absolute Gasteiger partial charge is 0.490 e. The molecule has 0 saturated carbocycles. The van der Waals surface area contributed by atoms with E-state index in [0.29, 0.717) is 24.0 Å². The summed E-state index contributed by atoms with van der Waals surface area (Å²) in [5, 5.41) is 4.02. The van der Waals surface area contributed by atoms with Crippen LogP contribution in [0.4, 0.5) is 0 Å². The van der Waals surface area contributed by atoms with E-state index in [1.54, 1.807) is 0 Å². The van der Waals surface area contributed by atoms with E-state index in [-0.39, 0.29) is 0 Å². The van der Waals surface area contributed by atoms with Crippen LogP contribution in [0.1, 0.15) is 25.0 Å². The lowest BCUT2D eigenvalue weighted by Gasteiger charge is -2.16. The summed E-state index contributed by atoms with van der Waals surface area (Å²) in [7, 11) is 0. The van der Waals surface area contributed by atoms with Gasteiger partial charge in [-0.3, -0.25) is 0 Å². The zero-order chi connectivity index (χ0) is 16.7. The Morgan fingerprint density at radius 2 is 1.91 bits per heavy atom. The molecule has 23 heavy (non-hydrogen) atoms. The Morgan fingerprint density at radius 1 is 1.09 bits per heavy atom. The number of halogens is 2. The van der Waals surface area contributed by atoms with Crippen molar-refractivity contribution in [2.75, 3.05) is 13.2 Å². The average molecular weight is 399 g/mol. The highest BCUT2D eigenvalue weighted by Crippen LogP contribution is 2.37. The predicted molar refractivity (Wildman–Crippen MR) is 98.5 cm³/mol. The SMILES string of the molecule is CCNCc1cc(Br)c(OCc2cccc(Cl)c2)c(OCC)c1. The second-order valence-corrected chi connectivity index (χ2v) is 6.33. The third kappa shape index (κ3) is 5.41. The lowest BCUT2D eigenvalue weighted by molar-refractivity contribution is 0.267. The van der Waals surface area contributed by atoms with Crippen molar-refractivity contribution in [2.45, 2.75) is 27.0 Å². The standard InChI is InChI=1S/C18H21BrClNO2/c1-3-21-11-14-9-16(19)18(17(10-14)22-4-2)23-12-13-6-5-7-15(20)8-13/h5-10,21H,3-4,11-12H2,1-2H3. The summed E-state index contributed by atoms with van der Waals surface area (Å²) in [5.74, 6) is 1.46. The molecule has 0 saturated heterocycles. The molecule has 0 fully saturated rings. The van der Waals surface area contributed by atoms with Crippen LogP contribution < -0.4 is 14.8 Å². The van der Waals surface area contributed by atoms with Crippen LogP contribution in [-0.4, -0.2) is 13.2 Å². The van der Waals surface area contributed by atoms with Crippen molar-refractivity contribution in [1.82, 2.24) is 5.32 Å². The van der Waals surface area contributed by atoms with Gasteiger partial charge >= 0.3 is 0 Å². The van der Waals surface area contributed by atoms with Crippen LogP contribution in [0.2, 0.25) is 5.02 Å². The van der Waals surface area contributed by atoms with E-state index in [1.807, 2.05) is 37.3 Å². The molecule has 0 aliphatic carbocycles. The highest BCUT2D eigenvalue weighted by Gasteiger charge is 2.12. The van der Waals surface area contributed by atoms with E-state index in [2.05, 4.69) is 34.2 Å². The molecule has 0 atom stereocenters. The van der Waals surface area contributed by atoms with E-state index >= 15 is 0 Å². The molecule has 1 N–H and O–H groups in total. The van der Waals surface area contributed by atoms with Crippen LogP contribution in [-0.2, 0) is 13.2 Å². The van der Waals surface area contributed by atoms with E-state index in [1.165, 1.54) is 0 Å². The van der Waals surface area contributed by atoms with Crippen LogP contribution in [0, 0.1) is 0 Å². The molecule has 0 aliphatic rings. The molecule has 3 nitrogen and oxygen atoms in total. The number of hydrogen-bond donors (Lipinski definition) is 1. The Hall–Kier alpha value is -1.23. The van der Waals surface area contributed by atoms with Crippen molar-refractivity contribution in [3.05, 3.63) is 57.0 Å². The smallest absolute Gasteiger partial charge is 0.175 e. The molecular weight excluding hydrogens is 378 g/mol. The summed E-state index contributed by atoms with van der Waals surface area (Å²) in [6, 6.07) is 11.7. The molecule has 0 aliphatic heterocycles. The maximum Gasteiger partial charge on any atom is 0.175 e. The number of hydrogen-bond acceptors (Lipinski definition) is 3. The Labute approximate surface area is 151 Å². The third-order valence-corrected chi connectivity index (χ3v) is 4.04. The minimum Gasteiger partial charge on any atom is -0.490 e. The Balaban J connectivity index is 2.18. The van der Waals surface area contributed by atoms with Gasteiger partial charge in [0.25, 0.3) is 0 Å². The topological polar surface area (TPSA) is 30.5 Å². The molecule has 0 amide bonds. The van der Waals surface area contributed by atoms with E-state index in [9.17, 15) is 0 Å². The first-order valence-electron chi connectivity index (χ1n) is 7.67. The quantitative estimate of drug-likeness (QED) is 0.664. The van der Waals surface area contributed by atoms with Crippen molar-refractivity contribution in [3.63, 3.8) is 0 Å². The summed E-state index contributed by atoms with van der Waals surface area (Å²) in [6.45, 7) is 6.79. The van der Waals surface area contributed by atoms with Crippen LogP contribution >= 0.6 is 27.5 Å². The molecule has 0 heterocycles. The zero-order valence-electron chi connectivity index (χ0n) is 13.4. The fraction of sp³-hybridized carbons (Fsp3) is 0.333. The fourth-order valence-electron chi connectivity index (χ4n) is 2.18. The highest BCUT2D eigenvalue weighted by atomic mass is 79.9. The van der Waals surface area contributed by atoms with Gasteiger partial charge in [0.05, 0.1) is 11.1 Å². The van der Waals surface area contributed by atoms with Gasteiger partial charge in [0.1, 0.15) is 6.61 Å². The van der Waals surface area contributed by atoms with Crippen LogP contribution in [0.5, 0.6) is 11.5 Å². The van der Waals surface area contributed by atoms with E-state index < -0.39 is 0 Å². The van der Waals surface area contributed by atoms with E-state index in [4.69, 9.17) is 21.1 Å². The van der Waals surface area contributed by atoms with Gasteiger partial charge in [-0.15, -0.1) is 0 Å². The van der Waals surface area contributed by atoms with Crippen molar-refractivity contribution in [3.8, 4) is 11.5 Å². The molecule has 0 spiro atoms. The number of rotatable bonds is 8. The van der Waals surface area contributed by atoms with Crippen molar-refractivity contribution < 1.29 is 9.47 Å². The summed E-state index contributed by atoms with van der Waals surface area (Å²) in [4.78, 5) is 0. The monoisotopic (exact) mass is 397 g/mol. The Kier molecular flexibility index (Phi) is 7.21. The maximum absolute atomic E-state index is 6.01. The van der Waals surface area contributed by atoms with Gasteiger partial charge in [-0.2, -0.15) is 0 Å². The zero-order valence-corrected chi connectivity index (χ0v) is 15.7. The average Bonchev–Trinajstić information content (AvgIpc) is 2.52. The van der Waals surface area contributed by atoms with Crippen molar-refractivity contribution in [1.29, 1.82) is 0 Å². The number of nitrogens with one attached hydrogen (secondary N) is 1. The summed E-state index contributed by atoms with van der Waals surface area (Å²) in [5.41, 5.74) is 2.17. The first kappa shape index (κ1) is 18.1. The van der Waals surface area contributed by atoms with Crippen LogP contribution in [0.3, 0.4) is 0 Å². The number of ether oxygens (including phenoxy) is 2. The summed E-state index contributed by atoms with van der Waals surface area (Å²) in [6.07, 6.45) is 0. The minimum atomic E-state index is 0.436. The maximum atomic E-state index is 6.01. The third-order valence-electron chi connectivity index (χ3n) is 3.22. The molecule has 0 bridgehead atoms. The first-order chi connectivity index (χ1) is 11.1. The van der Waals surface area contributed by atoms with Gasteiger partial charge in [0, 0.05) is 11.6 Å². The minimum absolute atomic E-state index is 0.436. The van der Waals surface area contributed by atoms with Gasteiger partial charge in [-0.25, -0.2) is 0 Å². The van der Waals surface area contributed by atoms with Crippen molar-refractivity contribution >= 4 is 27.5 Å². The second-order valence-electron chi connectivity index (χ2n) is 5.04. The van der Waals surface area contributed by atoms with Gasteiger partial charge < -0.3 is 14.8 Å².